The zero-order chi connectivity index (χ0) is 12.3. The second kappa shape index (κ2) is 5.60. The summed E-state index contributed by atoms with van der Waals surface area (Å²) in [7, 11) is 0. The molecule has 2 rings (SSSR count). The van der Waals surface area contributed by atoms with Gasteiger partial charge < -0.3 is 19.7 Å². The van der Waals surface area contributed by atoms with Gasteiger partial charge in [-0.15, -0.1) is 0 Å². The summed E-state index contributed by atoms with van der Waals surface area (Å²) in [5.74, 6) is -0.329. The van der Waals surface area contributed by atoms with Gasteiger partial charge in [0.05, 0.1) is 19.3 Å². The van der Waals surface area contributed by atoms with E-state index in [0.29, 0.717) is 6.61 Å². The van der Waals surface area contributed by atoms with E-state index in [4.69, 9.17) is 9.47 Å². The molecule has 4 heteroatoms. The first kappa shape index (κ1) is 12.5. The topological polar surface area (TPSA) is 58.9 Å². The monoisotopic (exact) mass is 238 g/mol. The molecular formula is C13H18O4. The molecule has 0 spiro atoms. The molecule has 0 amide bonds. The molecule has 4 nitrogen and oxygen atoms in total. The molecule has 0 aromatic heterocycles. The third-order valence-corrected chi connectivity index (χ3v) is 3.11. The van der Waals surface area contributed by atoms with E-state index in [0.717, 1.165) is 5.56 Å². The van der Waals surface area contributed by atoms with Crippen LogP contribution in [-0.2, 0) is 16.1 Å². The normalized spacial score (nSPS) is 33.6. The molecule has 1 aromatic rings. The number of aliphatic hydroxyl groups excluding tert-OH is 2. The standard InChI is InChI=1S/C13H18O4/c1-9-12(14)11(8-17-13(9)15)16-7-10-5-3-2-4-6-10/h2-6,9,11-15H,7-8H2,1H3/t9?,11-,12+,13?/m1/s1. The third kappa shape index (κ3) is 3.04. The van der Waals surface area contributed by atoms with Crippen LogP contribution in [0.1, 0.15) is 12.5 Å². The van der Waals surface area contributed by atoms with Gasteiger partial charge >= 0.3 is 0 Å². The smallest absolute Gasteiger partial charge is 0.159 e. The van der Waals surface area contributed by atoms with Crippen LogP contribution in [0.5, 0.6) is 0 Å². The van der Waals surface area contributed by atoms with Gasteiger partial charge in [-0.05, 0) is 5.56 Å². The van der Waals surface area contributed by atoms with E-state index in [9.17, 15) is 10.2 Å². The fourth-order valence-electron chi connectivity index (χ4n) is 1.88. The van der Waals surface area contributed by atoms with Crippen molar-refractivity contribution in [2.45, 2.75) is 32.0 Å². The van der Waals surface area contributed by atoms with Crippen molar-refractivity contribution in [1.82, 2.24) is 0 Å². The number of aliphatic hydroxyl groups is 2. The van der Waals surface area contributed by atoms with Gasteiger partial charge in [0.1, 0.15) is 6.10 Å². The van der Waals surface area contributed by atoms with Crippen LogP contribution >= 0.6 is 0 Å². The molecule has 2 N–H and O–H groups in total. The maximum Gasteiger partial charge on any atom is 0.159 e. The Morgan fingerprint density at radius 1 is 1.29 bits per heavy atom. The summed E-state index contributed by atoms with van der Waals surface area (Å²) in [5.41, 5.74) is 1.05. The largest absolute Gasteiger partial charge is 0.390 e. The van der Waals surface area contributed by atoms with Crippen molar-refractivity contribution in [1.29, 1.82) is 0 Å². The van der Waals surface area contributed by atoms with Gasteiger partial charge in [0.15, 0.2) is 6.29 Å². The third-order valence-electron chi connectivity index (χ3n) is 3.11. The molecule has 0 bridgehead atoms. The highest BCUT2D eigenvalue weighted by Gasteiger charge is 2.36. The number of rotatable bonds is 3. The summed E-state index contributed by atoms with van der Waals surface area (Å²) >= 11 is 0. The second-order valence-electron chi connectivity index (χ2n) is 4.41. The molecule has 94 valence electrons. The lowest BCUT2D eigenvalue weighted by Crippen LogP contribution is -2.49. The zero-order valence-electron chi connectivity index (χ0n) is 9.82. The molecule has 4 atom stereocenters. The Kier molecular flexibility index (Phi) is 4.12. The average molecular weight is 238 g/mol. The van der Waals surface area contributed by atoms with Crippen LogP contribution in [0.3, 0.4) is 0 Å². The van der Waals surface area contributed by atoms with Crippen molar-refractivity contribution < 1.29 is 19.7 Å². The first-order chi connectivity index (χ1) is 8.18. The maximum absolute atomic E-state index is 9.92. The quantitative estimate of drug-likeness (QED) is 0.822. The Bertz CT molecular complexity index is 341. The van der Waals surface area contributed by atoms with Crippen molar-refractivity contribution in [3.05, 3.63) is 35.9 Å². The molecule has 1 aliphatic rings. The van der Waals surface area contributed by atoms with Gasteiger partial charge in [0.2, 0.25) is 0 Å². The lowest BCUT2D eigenvalue weighted by molar-refractivity contribution is -0.237. The van der Waals surface area contributed by atoms with Gasteiger partial charge in [-0.25, -0.2) is 0 Å². The van der Waals surface area contributed by atoms with E-state index < -0.39 is 12.4 Å². The van der Waals surface area contributed by atoms with E-state index >= 15 is 0 Å². The molecule has 1 aliphatic heterocycles. The summed E-state index contributed by atoms with van der Waals surface area (Å²) in [5, 5.41) is 19.3. The van der Waals surface area contributed by atoms with Gasteiger partial charge in [-0.1, -0.05) is 37.3 Å². The average Bonchev–Trinajstić information content (AvgIpc) is 2.36. The molecule has 0 aliphatic carbocycles. The molecular weight excluding hydrogens is 220 g/mol. The highest BCUT2D eigenvalue weighted by Crippen LogP contribution is 2.22. The Labute approximate surface area is 101 Å². The van der Waals surface area contributed by atoms with Crippen molar-refractivity contribution in [2.75, 3.05) is 6.61 Å². The summed E-state index contributed by atoms with van der Waals surface area (Å²) in [6.45, 7) is 2.40. The zero-order valence-corrected chi connectivity index (χ0v) is 9.82. The first-order valence-electron chi connectivity index (χ1n) is 5.81. The van der Waals surface area contributed by atoms with Crippen molar-refractivity contribution in [2.24, 2.45) is 5.92 Å². The Morgan fingerprint density at radius 3 is 2.71 bits per heavy atom. The van der Waals surface area contributed by atoms with E-state index in [2.05, 4.69) is 0 Å². The summed E-state index contributed by atoms with van der Waals surface area (Å²) in [6, 6.07) is 9.76. The van der Waals surface area contributed by atoms with Crippen molar-refractivity contribution >= 4 is 0 Å². The maximum atomic E-state index is 9.92. The number of hydrogen-bond acceptors (Lipinski definition) is 4. The predicted molar refractivity (Wildman–Crippen MR) is 62.1 cm³/mol. The molecule has 2 unspecified atom stereocenters. The SMILES string of the molecule is CC1C(O)OC[C@@H](OCc2ccccc2)[C@H]1O. The second-order valence-corrected chi connectivity index (χ2v) is 4.41. The molecule has 0 saturated carbocycles. The van der Waals surface area contributed by atoms with Crippen LogP contribution in [0, 0.1) is 5.92 Å². The minimum atomic E-state index is -0.901. The van der Waals surface area contributed by atoms with E-state index in [-0.39, 0.29) is 18.6 Å². The van der Waals surface area contributed by atoms with Crippen LogP contribution in [0.4, 0.5) is 0 Å². The van der Waals surface area contributed by atoms with E-state index in [1.165, 1.54) is 0 Å². The van der Waals surface area contributed by atoms with Crippen LogP contribution in [0.25, 0.3) is 0 Å². The Morgan fingerprint density at radius 2 is 2.00 bits per heavy atom. The van der Waals surface area contributed by atoms with Crippen molar-refractivity contribution in [3.63, 3.8) is 0 Å². The molecule has 17 heavy (non-hydrogen) atoms. The van der Waals surface area contributed by atoms with Gasteiger partial charge in [-0.3, -0.25) is 0 Å². The summed E-state index contributed by atoms with van der Waals surface area (Å²) in [6.07, 6.45) is -1.97. The Balaban J connectivity index is 1.87. The van der Waals surface area contributed by atoms with Gasteiger partial charge in [0.25, 0.3) is 0 Å². The molecule has 1 saturated heterocycles. The molecule has 1 aromatic carbocycles. The number of ether oxygens (including phenoxy) is 2. The van der Waals surface area contributed by atoms with Crippen LogP contribution in [-0.4, -0.2) is 35.3 Å². The number of hydrogen-bond donors (Lipinski definition) is 2. The minimum Gasteiger partial charge on any atom is -0.390 e. The fourth-order valence-corrected chi connectivity index (χ4v) is 1.88. The predicted octanol–water partition coefficient (Wildman–Crippen LogP) is 0.917. The summed E-state index contributed by atoms with van der Waals surface area (Å²) < 4.78 is 10.7. The molecule has 1 fully saturated rings. The highest BCUT2D eigenvalue weighted by atomic mass is 16.6. The van der Waals surface area contributed by atoms with Crippen LogP contribution in [0.15, 0.2) is 30.3 Å². The summed E-state index contributed by atoms with van der Waals surface area (Å²) in [4.78, 5) is 0. The number of benzene rings is 1. The van der Waals surface area contributed by atoms with E-state index in [1.54, 1.807) is 6.92 Å². The van der Waals surface area contributed by atoms with Crippen LogP contribution in [0.2, 0.25) is 0 Å². The molecule has 0 radical (unpaired) electrons. The Hall–Kier alpha value is -0.940. The van der Waals surface area contributed by atoms with Crippen LogP contribution < -0.4 is 0 Å². The van der Waals surface area contributed by atoms with E-state index in [1.807, 2.05) is 30.3 Å². The van der Waals surface area contributed by atoms with Gasteiger partial charge in [0, 0.05) is 5.92 Å². The highest BCUT2D eigenvalue weighted by molar-refractivity contribution is 5.13. The van der Waals surface area contributed by atoms with Crippen molar-refractivity contribution in [3.8, 4) is 0 Å². The lowest BCUT2D eigenvalue weighted by Gasteiger charge is -2.35. The minimum absolute atomic E-state index is 0.222. The van der Waals surface area contributed by atoms with Gasteiger partial charge in [-0.2, -0.15) is 0 Å². The molecule has 1 heterocycles. The fraction of sp³-hybridized carbons (Fsp3) is 0.538. The first-order valence-corrected chi connectivity index (χ1v) is 5.81. The lowest BCUT2D eigenvalue weighted by atomic mass is 9.97.